The van der Waals surface area contributed by atoms with Gasteiger partial charge in [-0.25, -0.2) is 0 Å². The van der Waals surface area contributed by atoms with Crippen molar-refractivity contribution in [2.24, 2.45) is 5.92 Å². The van der Waals surface area contributed by atoms with Crippen LogP contribution in [0.4, 0.5) is 0 Å². The fourth-order valence-corrected chi connectivity index (χ4v) is 4.00. The summed E-state index contributed by atoms with van der Waals surface area (Å²) in [5.41, 5.74) is 1.00. The summed E-state index contributed by atoms with van der Waals surface area (Å²) >= 11 is 3.64. The lowest BCUT2D eigenvalue weighted by molar-refractivity contribution is 0.0811. The zero-order chi connectivity index (χ0) is 14.8. The predicted molar refractivity (Wildman–Crippen MR) is 86.9 cm³/mol. The number of nitrogens with zero attached hydrogens (tertiary/aromatic N) is 1. The minimum absolute atomic E-state index is 0.283. The molecule has 1 atom stereocenters. The van der Waals surface area contributed by atoms with E-state index in [9.17, 15) is 5.11 Å². The third-order valence-corrected chi connectivity index (χ3v) is 5.48. The van der Waals surface area contributed by atoms with E-state index in [-0.39, 0.29) is 6.04 Å². The zero-order valence-corrected chi connectivity index (χ0v) is 14.0. The first kappa shape index (κ1) is 15.1. The molecule has 1 aromatic rings. The van der Waals surface area contributed by atoms with Crippen LogP contribution in [0.25, 0.3) is 0 Å². The molecule has 1 saturated heterocycles. The molecule has 0 amide bonds. The van der Waals surface area contributed by atoms with Gasteiger partial charge in [-0.15, -0.1) is 0 Å². The van der Waals surface area contributed by atoms with E-state index in [0.29, 0.717) is 17.4 Å². The van der Waals surface area contributed by atoms with Crippen LogP contribution >= 0.6 is 15.9 Å². The molecule has 0 radical (unpaired) electrons. The minimum Gasteiger partial charge on any atom is -0.504 e. The molecular formula is C16H23BrN2O2. The maximum atomic E-state index is 10.6. The molecule has 1 aliphatic carbocycles. The van der Waals surface area contributed by atoms with Gasteiger partial charge in [-0.05, 0) is 30.9 Å². The second-order valence-corrected chi connectivity index (χ2v) is 6.79. The van der Waals surface area contributed by atoms with Crippen molar-refractivity contribution in [2.75, 3.05) is 33.3 Å². The first-order valence-electron chi connectivity index (χ1n) is 7.72. The molecule has 0 spiro atoms. The number of methoxy groups -OCH3 is 1. The number of benzene rings is 1. The molecule has 1 heterocycles. The molecule has 3 rings (SSSR count). The lowest BCUT2D eigenvalue weighted by Crippen LogP contribution is -2.48. The van der Waals surface area contributed by atoms with Gasteiger partial charge >= 0.3 is 0 Å². The van der Waals surface area contributed by atoms with E-state index >= 15 is 0 Å². The molecule has 0 unspecified atom stereocenters. The van der Waals surface area contributed by atoms with Gasteiger partial charge in [0.25, 0.3) is 0 Å². The van der Waals surface area contributed by atoms with Crippen molar-refractivity contribution in [1.82, 2.24) is 10.2 Å². The molecule has 5 heteroatoms. The van der Waals surface area contributed by atoms with Crippen LogP contribution in [-0.2, 0) is 0 Å². The molecule has 1 aliphatic heterocycles. The molecule has 1 saturated carbocycles. The largest absolute Gasteiger partial charge is 0.504 e. The quantitative estimate of drug-likeness (QED) is 0.872. The molecule has 2 fully saturated rings. The number of phenols is 1. The first-order valence-corrected chi connectivity index (χ1v) is 8.51. The number of aromatic hydroxyl groups is 1. The van der Waals surface area contributed by atoms with Gasteiger partial charge in [0.15, 0.2) is 11.5 Å². The maximum absolute atomic E-state index is 10.6. The molecule has 4 nitrogen and oxygen atoms in total. The third kappa shape index (κ3) is 2.91. The normalized spacial score (nSPS) is 21.8. The van der Waals surface area contributed by atoms with Crippen LogP contribution < -0.4 is 10.1 Å². The lowest BCUT2D eigenvalue weighted by Gasteiger charge is -2.43. The van der Waals surface area contributed by atoms with Crippen LogP contribution in [0.1, 0.15) is 30.9 Å². The van der Waals surface area contributed by atoms with Crippen molar-refractivity contribution in [2.45, 2.75) is 25.3 Å². The highest BCUT2D eigenvalue weighted by molar-refractivity contribution is 9.10. The van der Waals surface area contributed by atoms with Gasteiger partial charge in [0, 0.05) is 42.3 Å². The highest BCUT2D eigenvalue weighted by Crippen LogP contribution is 2.48. The van der Waals surface area contributed by atoms with E-state index in [4.69, 9.17) is 4.74 Å². The van der Waals surface area contributed by atoms with Crippen molar-refractivity contribution >= 4 is 15.9 Å². The number of nitrogens with one attached hydrogen (secondary N) is 1. The van der Waals surface area contributed by atoms with E-state index in [1.165, 1.54) is 19.3 Å². The summed E-state index contributed by atoms with van der Waals surface area (Å²) in [5, 5.41) is 14.0. The highest BCUT2D eigenvalue weighted by atomic mass is 79.9. The first-order chi connectivity index (χ1) is 10.2. The number of piperazine rings is 1. The fraction of sp³-hybridized carbons (Fsp3) is 0.625. The standard InChI is InChI=1S/C16H23BrN2O2/c1-21-13-6-5-12(17)14(16(13)20)15(11-3-2-4-11)19-9-7-18-8-10-19/h5-6,11,15,18,20H,2-4,7-10H2,1H3/t15-/m0/s1. The van der Waals surface area contributed by atoms with Gasteiger partial charge in [-0.2, -0.15) is 0 Å². The number of halogens is 1. The summed E-state index contributed by atoms with van der Waals surface area (Å²) in [6.45, 7) is 4.10. The number of hydrogen-bond donors (Lipinski definition) is 2. The van der Waals surface area contributed by atoms with Crippen molar-refractivity contribution in [3.63, 3.8) is 0 Å². The molecule has 0 bridgehead atoms. The van der Waals surface area contributed by atoms with E-state index in [0.717, 1.165) is 36.2 Å². The average molecular weight is 355 g/mol. The van der Waals surface area contributed by atoms with Gasteiger partial charge in [0.05, 0.1) is 7.11 Å². The van der Waals surface area contributed by atoms with Gasteiger partial charge in [0.2, 0.25) is 0 Å². The second kappa shape index (κ2) is 6.55. The summed E-state index contributed by atoms with van der Waals surface area (Å²) in [6, 6.07) is 4.09. The minimum atomic E-state index is 0.283. The maximum Gasteiger partial charge on any atom is 0.163 e. The summed E-state index contributed by atoms with van der Waals surface area (Å²) in [6.07, 6.45) is 3.80. The average Bonchev–Trinajstić information content (AvgIpc) is 2.45. The van der Waals surface area contributed by atoms with E-state index < -0.39 is 0 Å². The third-order valence-electron chi connectivity index (χ3n) is 4.78. The number of phenolic OH excluding ortho intramolecular Hbond substituents is 1. The second-order valence-electron chi connectivity index (χ2n) is 5.93. The highest BCUT2D eigenvalue weighted by Gasteiger charge is 2.36. The number of rotatable bonds is 4. The summed E-state index contributed by atoms with van der Waals surface area (Å²) in [4.78, 5) is 2.51. The zero-order valence-electron chi connectivity index (χ0n) is 12.4. The molecule has 2 aliphatic rings. The molecule has 0 aromatic heterocycles. The summed E-state index contributed by atoms with van der Waals surface area (Å²) < 4.78 is 6.29. The van der Waals surface area contributed by atoms with Crippen LogP contribution in [0.15, 0.2) is 16.6 Å². The number of hydrogen-bond acceptors (Lipinski definition) is 4. The van der Waals surface area contributed by atoms with E-state index in [1.54, 1.807) is 7.11 Å². The van der Waals surface area contributed by atoms with Gasteiger partial charge in [-0.3, -0.25) is 4.90 Å². The van der Waals surface area contributed by atoms with Crippen molar-refractivity contribution in [3.05, 3.63) is 22.2 Å². The van der Waals surface area contributed by atoms with Crippen LogP contribution in [0.3, 0.4) is 0 Å². The van der Waals surface area contributed by atoms with Crippen molar-refractivity contribution in [1.29, 1.82) is 0 Å². The molecular weight excluding hydrogens is 332 g/mol. The smallest absolute Gasteiger partial charge is 0.163 e. The number of ether oxygens (including phenoxy) is 1. The Hall–Kier alpha value is -0.780. The Kier molecular flexibility index (Phi) is 4.72. The fourth-order valence-electron chi connectivity index (χ4n) is 3.44. The Morgan fingerprint density at radius 3 is 2.62 bits per heavy atom. The summed E-state index contributed by atoms with van der Waals surface area (Å²) in [7, 11) is 1.61. The summed E-state index contributed by atoms with van der Waals surface area (Å²) in [5.74, 6) is 1.49. The predicted octanol–water partition coefficient (Wildman–Crippen LogP) is 2.91. The van der Waals surface area contributed by atoms with Crippen molar-refractivity contribution < 1.29 is 9.84 Å². The van der Waals surface area contributed by atoms with Crippen LogP contribution in [0.5, 0.6) is 11.5 Å². The molecule has 116 valence electrons. The topological polar surface area (TPSA) is 44.7 Å². The van der Waals surface area contributed by atoms with Crippen LogP contribution in [0, 0.1) is 5.92 Å². The lowest BCUT2D eigenvalue weighted by atomic mass is 9.76. The van der Waals surface area contributed by atoms with Crippen molar-refractivity contribution in [3.8, 4) is 11.5 Å². The Bertz CT molecular complexity index is 499. The Balaban J connectivity index is 1.99. The Morgan fingerprint density at radius 1 is 1.33 bits per heavy atom. The van der Waals surface area contributed by atoms with Gasteiger partial charge in [0.1, 0.15) is 0 Å². The van der Waals surface area contributed by atoms with Crippen LogP contribution in [0.2, 0.25) is 0 Å². The Morgan fingerprint density at radius 2 is 2.05 bits per heavy atom. The van der Waals surface area contributed by atoms with E-state index in [2.05, 4.69) is 26.1 Å². The molecule has 1 aromatic carbocycles. The monoisotopic (exact) mass is 354 g/mol. The molecule has 2 N–H and O–H groups in total. The van der Waals surface area contributed by atoms with Crippen LogP contribution in [-0.4, -0.2) is 43.3 Å². The van der Waals surface area contributed by atoms with Gasteiger partial charge in [-0.1, -0.05) is 22.4 Å². The molecule has 21 heavy (non-hydrogen) atoms. The van der Waals surface area contributed by atoms with Gasteiger partial charge < -0.3 is 15.2 Å². The SMILES string of the molecule is COc1ccc(Br)c([C@H](C2CCC2)N2CCNCC2)c1O. The Labute approximate surface area is 134 Å². The van der Waals surface area contributed by atoms with E-state index in [1.807, 2.05) is 12.1 Å².